The van der Waals surface area contributed by atoms with Gasteiger partial charge in [-0.15, -0.1) is 5.10 Å². The Labute approximate surface area is 145 Å². The van der Waals surface area contributed by atoms with E-state index in [4.69, 9.17) is 9.47 Å². The molecule has 8 nitrogen and oxygen atoms in total. The summed E-state index contributed by atoms with van der Waals surface area (Å²) in [4.78, 5) is 12.6. The number of ether oxygens (including phenoxy) is 2. The van der Waals surface area contributed by atoms with E-state index in [1.807, 2.05) is 24.3 Å². The normalized spacial score (nSPS) is 27.6. The van der Waals surface area contributed by atoms with Crippen molar-refractivity contribution < 1.29 is 14.3 Å². The Hall–Kier alpha value is -2.32. The van der Waals surface area contributed by atoms with Crippen LogP contribution in [0.1, 0.15) is 22.3 Å². The van der Waals surface area contributed by atoms with Crippen molar-refractivity contribution in [2.24, 2.45) is 11.8 Å². The predicted molar refractivity (Wildman–Crippen MR) is 87.8 cm³/mol. The van der Waals surface area contributed by atoms with E-state index in [1.165, 1.54) is 0 Å². The molecule has 2 fully saturated rings. The summed E-state index contributed by atoms with van der Waals surface area (Å²) in [6.07, 6.45) is 2.79. The minimum atomic E-state index is -0.0505. The second-order valence-corrected chi connectivity index (χ2v) is 6.61. The van der Waals surface area contributed by atoms with Crippen molar-refractivity contribution >= 4 is 5.91 Å². The van der Waals surface area contributed by atoms with Crippen LogP contribution in [0.4, 0.5) is 0 Å². The zero-order valence-corrected chi connectivity index (χ0v) is 14.0. The average Bonchev–Trinajstić information content (AvgIpc) is 3.28. The SMILES string of the molecule is COC[C@H]1[C@@H](NC(=O)c2ccc(Cn3cnnn3)cc2)[C@H]2CCO[C@H]21. The number of nitrogens with zero attached hydrogens (tertiary/aromatic N) is 4. The number of hydrogen-bond donors (Lipinski definition) is 1. The maximum Gasteiger partial charge on any atom is 0.251 e. The van der Waals surface area contributed by atoms with Crippen molar-refractivity contribution in [2.75, 3.05) is 20.3 Å². The molecule has 1 saturated heterocycles. The van der Waals surface area contributed by atoms with Crippen LogP contribution in [0.25, 0.3) is 0 Å². The van der Waals surface area contributed by atoms with Gasteiger partial charge in [-0.1, -0.05) is 12.1 Å². The highest BCUT2D eigenvalue weighted by Gasteiger charge is 2.54. The van der Waals surface area contributed by atoms with E-state index in [1.54, 1.807) is 18.1 Å². The molecule has 0 spiro atoms. The van der Waals surface area contributed by atoms with Gasteiger partial charge in [-0.25, -0.2) is 4.68 Å². The van der Waals surface area contributed by atoms with Gasteiger partial charge in [0.2, 0.25) is 0 Å². The summed E-state index contributed by atoms with van der Waals surface area (Å²) in [6.45, 7) is 1.96. The molecule has 1 amide bonds. The number of carbonyl (C=O) groups excluding carboxylic acids is 1. The number of methoxy groups -OCH3 is 1. The Morgan fingerprint density at radius 1 is 1.40 bits per heavy atom. The first kappa shape index (κ1) is 16.2. The van der Waals surface area contributed by atoms with E-state index in [0.29, 0.717) is 24.6 Å². The van der Waals surface area contributed by atoms with Gasteiger partial charge in [-0.05, 0) is 34.5 Å². The fourth-order valence-electron chi connectivity index (χ4n) is 3.87. The fraction of sp³-hybridized carbons (Fsp3) is 0.529. The molecule has 1 aliphatic carbocycles. The highest BCUT2D eigenvalue weighted by atomic mass is 16.5. The van der Waals surface area contributed by atoms with E-state index in [2.05, 4.69) is 20.8 Å². The molecule has 132 valence electrons. The van der Waals surface area contributed by atoms with Gasteiger partial charge in [-0.3, -0.25) is 4.79 Å². The lowest BCUT2D eigenvalue weighted by atomic mass is 9.67. The molecule has 2 aromatic rings. The third-order valence-electron chi connectivity index (χ3n) is 5.14. The van der Waals surface area contributed by atoms with Crippen LogP contribution in [0, 0.1) is 11.8 Å². The van der Waals surface area contributed by atoms with Gasteiger partial charge in [0.25, 0.3) is 5.91 Å². The number of carbonyl (C=O) groups is 1. The molecule has 1 saturated carbocycles. The topological polar surface area (TPSA) is 91.2 Å². The van der Waals surface area contributed by atoms with Crippen molar-refractivity contribution in [3.63, 3.8) is 0 Å². The first-order valence-electron chi connectivity index (χ1n) is 8.47. The summed E-state index contributed by atoms with van der Waals surface area (Å²) >= 11 is 0. The fourth-order valence-corrected chi connectivity index (χ4v) is 3.87. The standard InChI is InChI=1S/C17H21N5O3/c1-24-9-14-15(13-6-7-25-16(13)14)19-17(23)12-4-2-11(3-5-12)8-22-10-18-20-21-22/h2-5,10,13-16H,6-9H2,1H3,(H,19,23)/t13-,14+,15+,16-/m1/s1. The minimum Gasteiger partial charge on any atom is -0.384 e. The Balaban J connectivity index is 1.39. The van der Waals surface area contributed by atoms with E-state index in [-0.39, 0.29) is 24.0 Å². The lowest BCUT2D eigenvalue weighted by Crippen LogP contribution is -2.62. The largest absolute Gasteiger partial charge is 0.384 e. The number of nitrogens with one attached hydrogen (secondary N) is 1. The van der Waals surface area contributed by atoms with Crippen LogP contribution in [0.3, 0.4) is 0 Å². The molecular weight excluding hydrogens is 322 g/mol. The summed E-state index contributed by atoms with van der Waals surface area (Å²) in [5, 5.41) is 14.2. The first-order valence-corrected chi connectivity index (χ1v) is 8.47. The maximum atomic E-state index is 12.6. The molecule has 1 aliphatic heterocycles. The maximum absolute atomic E-state index is 12.6. The molecule has 0 radical (unpaired) electrons. The molecule has 2 aliphatic rings. The third-order valence-corrected chi connectivity index (χ3v) is 5.14. The van der Waals surface area contributed by atoms with Crippen LogP contribution in [0.15, 0.2) is 30.6 Å². The lowest BCUT2D eigenvalue weighted by Gasteiger charge is -2.47. The third kappa shape index (κ3) is 3.14. The Morgan fingerprint density at radius 3 is 2.96 bits per heavy atom. The quantitative estimate of drug-likeness (QED) is 0.821. The van der Waals surface area contributed by atoms with Crippen molar-refractivity contribution in [1.29, 1.82) is 0 Å². The molecule has 1 aromatic carbocycles. The monoisotopic (exact) mass is 343 g/mol. The molecule has 0 unspecified atom stereocenters. The molecule has 0 bridgehead atoms. The highest BCUT2D eigenvalue weighted by Crippen LogP contribution is 2.43. The highest BCUT2D eigenvalue weighted by molar-refractivity contribution is 5.94. The van der Waals surface area contributed by atoms with Crippen LogP contribution >= 0.6 is 0 Å². The second kappa shape index (κ2) is 6.89. The summed E-state index contributed by atoms with van der Waals surface area (Å²) in [5.74, 6) is 0.592. The van der Waals surface area contributed by atoms with Crippen LogP contribution in [0.5, 0.6) is 0 Å². The van der Waals surface area contributed by atoms with Crippen LogP contribution in [0.2, 0.25) is 0 Å². The number of benzene rings is 1. The van der Waals surface area contributed by atoms with Crippen LogP contribution < -0.4 is 5.32 Å². The van der Waals surface area contributed by atoms with Gasteiger partial charge in [0.15, 0.2) is 0 Å². The van der Waals surface area contributed by atoms with Crippen molar-refractivity contribution in [3.05, 3.63) is 41.7 Å². The van der Waals surface area contributed by atoms with Crippen molar-refractivity contribution in [2.45, 2.75) is 25.1 Å². The molecule has 25 heavy (non-hydrogen) atoms. The van der Waals surface area contributed by atoms with E-state index in [0.717, 1.165) is 18.6 Å². The molecule has 2 heterocycles. The summed E-state index contributed by atoms with van der Waals surface area (Å²) in [7, 11) is 1.69. The molecule has 8 heteroatoms. The Bertz CT molecular complexity index is 718. The summed E-state index contributed by atoms with van der Waals surface area (Å²) < 4.78 is 12.7. The van der Waals surface area contributed by atoms with E-state index >= 15 is 0 Å². The van der Waals surface area contributed by atoms with Gasteiger partial charge >= 0.3 is 0 Å². The number of rotatable bonds is 6. The minimum absolute atomic E-state index is 0.0505. The Morgan fingerprint density at radius 2 is 2.24 bits per heavy atom. The lowest BCUT2D eigenvalue weighted by molar-refractivity contribution is -0.0809. The average molecular weight is 343 g/mol. The predicted octanol–water partition coefficient (Wildman–Crippen LogP) is 0.501. The number of hydrogen-bond acceptors (Lipinski definition) is 6. The molecule has 4 atom stereocenters. The second-order valence-electron chi connectivity index (χ2n) is 6.61. The van der Waals surface area contributed by atoms with Gasteiger partial charge in [-0.2, -0.15) is 0 Å². The van der Waals surface area contributed by atoms with E-state index < -0.39 is 0 Å². The van der Waals surface area contributed by atoms with Gasteiger partial charge in [0.05, 0.1) is 19.3 Å². The number of fused-ring (bicyclic) bond motifs is 1. The van der Waals surface area contributed by atoms with E-state index in [9.17, 15) is 4.79 Å². The van der Waals surface area contributed by atoms with Gasteiger partial charge < -0.3 is 14.8 Å². The molecular formula is C17H21N5O3. The van der Waals surface area contributed by atoms with Crippen LogP contribution in [-0.4, -0.2) is 58.6 Å². The first-order chi connectivity index (χ1) is 12.3. The summed E-state index contributed by atoms with van der Waals surface area (Å²) in [5.41, 5.74) is 1.69. The molecule has 1 N–H and O–H groups in total. The Kier molecular flexibility index (Phi) is 4.46. The zero-order chi connectivity index (χ0) is 17.2. The molecule has 1 aromatic heterocycles. The van der Waals surface area contributed by atoms with Gasteiger partial charge in [0.1, 0.15) is 6.33 Å². The number of amides is 1. The molecule has 4 rings (SSSR count). The van der Waals surface area contributed by atoms with Crippen molar-refractivity contribution in [3.8, 4) is 0 Å². The van der Waals surface area contributed by atoms with Crippen molar-refractivity contribution in [1.82, 2.24) is 25.5 Å². The number of aromatic nitrogens is 4. The zero-order valence-electron chi connectivity index (χ0n) is 14.0. The summed E-state index contributed by atoms with van der Waals surface area (Å²) in [6, 6.07) is 7.64. The van der Waals surface area contributed by atoms with Crippen LogP contribution in [-0.2, 0) is 16.0 Å². The number of tetrazole rings is 1. The van der Waals surface area contributed by atoms with Gasteiger partial charge in [0, 0.05) is 37.2 Å². The smallest absolute Gasteiger partial charge is 0.251 e.